The van der Waals surface area contributed by atoms with Crippen LogP contribution in [0.4, 0.5) is 4.79 Å². The van der Waals surface area contributed by atoms with Crippen molar-refractivity contribution in [3.05, 3.63) is 0 Å². The van der Waals surface area contributed by atoms with Crippen molar-refractivity contribution in [1.29, 1.82) is 0 Å². The van der Waals surface area contributed by atoms with E-state index in [1.165, 1.54) is 19.3 Å². The third kappa shape index (κ3) is 5.64. The number of amides is 2. The zero-order valence-electron chi connectivity index (χ0n) is 10.4. The molecule has 1 aliphatic rings. The number of rotatable bonds is 5. The maximum absolute atomic E-state index is 11.7. The summed E-state index contributed by atoms with van der Waals surface area (Å²) in [5.41, 5.74) is 0. The van der Waals surface area contributed by atoms with Gasteiger partial charge in [0, 0.05) is 17.8 Å². The maximum Gasteiger partial charge on any atom is 0.315 e. The minimum atomic E-state index is 0.0103. The molecule has 0 aliphatic heterocycles. The first-order valence-corrected chi connectivity index (χ1v) is 7.52. The van der Waals surface area contributed by atoms with Gasteiger partial charge in [0.1, 0.15) is 0 Å². The van der Waals surface area contributed by atoms with E-state index in [2.05, 4.69) is 24.5 Å². The molecule has 4 heteroatoms. The van der Waals surface area contributed by atoms with Crippen molar-refractivity contribution in [2.45, 2.75) is 58.0 Å². The maximum atomic E-state index is 11.7. The lowest BCUT2D eigenvalue weighted by atomic mass is 9.96. The van der Waals surface area contributed by atoms with Crippen LogP contribution in [0.1, 0.15) is 46.0 Å². The highest BCUT2D eigenvalue weighted by Crippen LogP contribution is 2.17. The molecule has 0 heterocycles. The minimum Gasteiger partial charge on any atom is -0.335 e. The predicted octanol–water partition coefficient (Wildman–Crippen LogP) is 2.76. The van der Waals surface area contributed by atoms with Crippen LogP contribution in [0.3, 0.4) is 0 Å². The van der Waals surface area contributed by atoms with E-state index in [9.17, 15) is 4.79 Å². The van der Waals surface area contributed by atoms with Crippen molar-refractivity contribution in [3.8, 4) is 0 Å². The van der Waals surface area contributed by atoms with E-state index in [-0.39, 0.29) is 12.1 Å². The molecule has 0 aromatic rings. The summed E-state index contributed by atoms with van der Waals surface area (Å²) in [6.07, 6.45) is 6.12. The van der Waals surface area contributed by atoms with Gasteiger partial charge in [-0.3, -0.25) is 0 Å². The summed E-state index contributed by atoms with van der Waals surface area (Å²) >= 11 is 1.86. The summed E-state index contributed by atoms with van der Waals surface area (Å²) in [6.45, 7) is 4.20. The summed E-state index contributed by atoms with van der Waals surface area (Å²) in [4.78, 5) is 11.7. The fourth-order valence-corrected chi connectivity index (χ4v) is 2.71. The standard InChI is InChI=1S/C12H24N2OS/c1-3-16-9-10(2)13-12(15)14-11-7-5-4-6-8-11/h10-11H,3-9H2,1-2H3,(H2,13,14,15). The highest BCUT2D eigenvalue weighted by atomic mass is 32.2. The van der Waals surface area contributed by atoms with Crippen molar-refractivity contribution in [3.63, 3.8) is 0 Å². The fraction of sp³-hybridized carbons (Fsp3) is 0.917. The second-order valence-corrected chi connectivity index (χ2v) is 5.83. The topological polar surface area (TPSA) is 41.1 Å². The molecule has 0 radical (unpaired) electrons. The normalized spacial score (nSPS) is 19.1. The zero-order chi connectivity index (χ0) is 11.8. The number of hydrogen-bond acceptors (Lipinski definition) is 2. The molecule has 1 unspecified atom stereocenters. The Bertz CT molecular complexity index is 205. The Morgan fingerprint density at radius 2 is 2.06 bits per heavy atom. The Morgan fingerprint density at radius 1 is 1.38 bits per heavy atom. The van der Waals surface area contributed by atoms with Crippen molar-refractivity contribution < 1.29 is 4.79 Å². The monoisotopic (exact) mass is 244 g/mol. The molecule has 0 aromatic carbocycles. The molecule has 1 fully saturated rings. The van der Waals surface area contributed by atoms with Crippen LogP contribution in [-0.4, -0.2) is 29.6 Å². The summed E-state index contributed by atoms with van der Waals surface area (Å²) in [7, 11) is 0. The van der Waals surface area contributed by atoms with E-state index >= 15 is 0 Å². The number of carbonyl (C=O) groups is 1. The molecule has 0 bridgehead atoms. The SMILES string of the molecule is CCSCC(C)NC(=O)NC1CCCCC1. The first-order valence-electron chi connectivity index (χ1n) is 6.37. The molecule has 0 spiro atoms. The lowest BCUT2D eigenvalue weighted by molar-refractivity contribution is 0.230. The number of nitrogens with one attached hydrogen (secondary N) is 2. The van der Waals surface area contributed by atoms with Gasteiger partial charge in [-0.1, -0.05) is 26.2 Å². The molecule has 3 nitrogen and oxygen atoms in total. The van der Waals surface area contributed by atoms with Gasteiger partial charge in [-0.2, -0.15) is 11.8 Å². The molecular formula is C12H24N2OS. The number of carbonyl (C=O) groups excluding carboxylic acids is 1. The number of thioether (sulfide) groups is 1. The van der Waals surface area contributed by atoms with Crippen molar-refractivity contribution >= 4 is 17.8 Å². The first kappa shape index (κ1) is 13.7. The van der Waals surface area contributed by atoms with Gasteiger partial charge in [-0.05, 0) is 25.5 Å². The van der Waals surface area contributed by atoms with Gasteiger partial charge in [-0.25, -0.2) is 4.79 Å². The van der Waals surface area contributed by atoms with Crippen LogP contribution in [0.2, 0.25) is 0 Å². The second-order valence-electron chi connectivity index (χ2n) is 4.51. The largest absolute Gasteiger partial charge is 0.335 e. The highest BCUT2D eigenvalue weighted by molar-refractivity contribution is 7.99. The molecule has 0 saturated heterocycles. The van der Waals surface area contributed by atoms with Gasteiger partial charge in [0.25, 0.3) is 0 Å². The van der Waals surface area contributed by atoms with E-state index in [0.717, 1.165) is 24.3 Å². The summed E-state index contributed by atoms with van der Waals surface area (Å²) in [5.74, 6) is 2.10. The average molecular weight is 244 g/mol. The Kier molecular flexibility index (Phi) is 6.69. The van der Waals surface area contributed by atoms with Crippen LogP contribution in [0, 0.1) is 0 Å². The summed E-state index contributed by atoms with van der Waals surface area (Å²) < 4.78 is 0. The lowest BCUT2D eigenvalue weighted by Crippen LogP contribution is -2.46. The van der Waals surface area contributed by atoms with Gasteiger partial charge in [0.2, 0.25) is 0 Å². The van der Waals surface area contributed by atoms with Gasteiger partial charge in [0.15, 0.2) is 0 Å². The van der Waals surface area contributed by atoms with Crippen molar-refractivity contribution in [1.82, 2.24) is 10.6 Å². The molecule has 1 aliphatic carbocycles. The Balaban J connectivity index is 2.13. The Labute approximate surface area is 103 Å². The summed E-state index contributed by atoms with van der Waals surface area (Å²) in [5, 5.41) is 6.06. The zero-order valence-corrected chi connectivity index (χ0v) is 11.2. The van der Waals surface area contributed by atoms with Gasteiger partial charge >= 0.3 is 6.03 Å². The summed E-state index contributed by atoms with van der Waals surface area (Å²) in [6, 6.07) is 0.671. The van der Waals surface area contributed by atoms with Crippen LogP contribution >= 0.6 is 11.8 Å². The van der Waals surface area contributed by atoms with Crippen LogP contribution < -0.4 is 10.6 Å². The van der Waals surface area contributed by atoms with E-state index in [1.807, 2.05) is 11.8 Å². The van der Waals surface area contributed by atoms with Crippen LogP contribution in [0.15, 0.2) is 0 Å². The van der Waals surface area contributed by atoms with E-state index < -0.39 is 0 Å². The van der Waals surface area contributed by atoms with E-state index in [4.69, 9.17) is 0 Å². The molecule has 2 N–H and O–H groups in total. The Hall–Kier alpha value is -0.380. The van der Waals surface area contributed by atoms with Crippen LogP contribution in [-0.2, 0) is 0 Å². The quantitative estimate of drug-likeness (QED) is 0.781. The third-order valence-electron chi connectivity index (χ3n) is 2.89. The lowest BCUT2D eigenvalue weighted by Gasteiger charge is -2.24. The fourth-order valence-electron chi connectivity index (χ4n) is 2.03. The molecule has 0 aromatic heterocycles. The Morgan fingerprint density at radius 3 is 2.69 bits per heavy atom. The van der Waals surface area contributed by atoms with Gasteiger partial charge in [-0.15, -0.1) is 0 Å². The highest BCUT2D eigenvalue weighted by Gasteiger charge is 2.16. The first-order chi connectivity index (χ1) is 7.72. The predicted molar refractivity (Wildman–Crippen MR) is 71.0 cm³/mol. The van der Waals surface area contributed by atoms with Gasteiger partial charge in [0.05, 0.1) is 0 Å². The molecular weight excluding hydrogens is 220 g/mol. The van der Waals surface area contributed by atoms with Crippen LogP contribution in [0.5, 0.6) is 0 Å². The van der Waals surface area contributed by atoms with Crippen LogP contribution in [0.25, 0.3) is 0 Å². The van der Waals surface area contributed by atoms with E-state index in [0.29, 0.717) is 6.04 Å². The van der Waals surface area contributed by atoms with Gasteiger partial charge < -0.3 is 10.6 Å². The van der Waals surface area contributed by atoms with Crippen molar-refractivity contribution in [2.24, 2.45) is 0 Å². The molecule has 94 valence electrons. The average Bonchev–Trinajstić information content (AvgIpc) is 2.27. The molecule has 16 heavy (non-hydrogen) atoms. The molecule has 1 atom stereocenters. The third-order valence-corrected chi connectivity index (χ3v) is 4.03. The number of hydrogen-bond donors (Lipinski definition) is 2. The molecule has 1 rings (SSSR count). The second kappa shape index (κ2) is 7.82. The van der Waals surface area contributed by atoms with E-state index in [1.54, 1.807) is 0 Å². The molecule has 2 amide bonds. The number of urea groups is 1. The van der Waals surface area contributed by atoms with Crippen molar-refractivity contribution in [2.75, 3.05) is 11.5 Å². The molecule has 1 saturated carbocycles. The smallest absolute Gasteiger partial charge is 0.315 e. The minimum absolute atomic E-state index is 0.0103.